The molecule has 1 aromatic carbocycles. The zero-order valence-corrected chi connectivity index (χ0v) is 10.0. The fraction of sp³-hybridized carbons (Fsp3) is 0.385. The number of anilines is 1. The summed E-state index contributed by atoms with van der Waals surface area (Å²) in [6, 6.07) is 7.21. The van der Waals surface area contributed by atoms with Gasteiger partial charge in [-0.3, -0.25) is 9.59 Å². The molecule has 94 valence electrons. The lowest BCUT2D eigenvalue weighted by atomic mass is 9.79. The van der Waals surface area contributed by atoms with Crippen molar-refractivity contribution in [1.29, 1.82) is 0 Å². The maximum atomic E-state index is 12.2. The van der Waals surface area contributed by atoms with Gasteiger partial charge < -0.3 is 15.4 Å². The molecule has 0 radical (unpaired) electrons. The van der Waals surface area contributed by atoms with Gasteiger partial charge in [0.25, 0.3) is 0 Å². The predicted octanol–water partition coefficient (Wildman–Crippen LogP) is 0.411. The number of fused-ring (bicyclic) bond motifs is 2. The second kappa shape index (κ2) is 3.81. The van der Waals surface area contributed by atoms with Crippen LogP contribution in [0.15, 0.2) is 24.3 Å². The Morgan fingerprint density at radius 1 is 1.44 bits per heavy atom. The molecule has 0 bridgehead atoms. The van der Waals surface area contributed by atoms with Gasteiger partial charge in [0.05, 0.1) is 12.5 Å². The smallest absolute Gasteiger partial charge is 0.322 e. The van der Waals surface area contributed by atoms with E-state index < -0.39 is 11.5 Å². The van der Waals surface area contributed by atoms with Crippen molar-refractivity contribution in [3.8, 4) is 0 Å². The largest absolute Gasteiger partial charge is 0.468 e. The highest BCUT2D eigenvalue weighted by atomic mass is 16.5. The number of hydrogen-bond acceptors (Lipinski definition) is 4. The Morgan fingerprint density at radius 2 is 2.22 bits per heavy atom. The van der Waals surface area contributed by atoms with Gasteiger partial charge in [0.15, 0.2) is 0 Å². The highest BCUT2D eigenvalue weighted by molar-refractivity contribution is 6.07. The highest BCUT2D eigenvalue weighted by Gasteiger charge is 2.53. The average molecular weight is 246 g/mol. The van der Waals surface area contributed by atoms with E-state index in [-0.39, 0.29) is 11.9 Å². The maximum Gasteiger partial charge on any atom is 0.322 e. The lowest BCUT2D eigenvalue weighted by molar-refractivity contribution is -0.142. The summed E-state index contributed by atoms with van der Waals surface area (Å²) < 4.78 is 4.73. The number of hydrogen-bond donors (Lipinski definition) is 2. The number of benzene rings is 1. The Bertz CT molecular complexity index is 529. The van der Waals surface area contributed by atoms with Crippen LogP contribution in [0.4, 0.5) is 5.69 Å². The molecule has 0 saturated carbocycles. The maximum absolute atomic E-state index is 12.2. The number of nitrogens with one attached hydrogen (secondary N) is 2. The van der Waals surface area contributed by atoms with Crippen LogP contribution in [0.5, 0.6) is 0 Å². The van der Waals surface area contributed by atoms with Gasteiger partial charge in [-0.15, -0.1) is 0 Å². The lowest BCUT2D eigenvalue weighted by Crippen LogP contribution is -2.36. The molecule has 2 heterocycles. The quantitative estimate of drug-likeness (QED) is 0.704. The number of ether oxygens (including phenoxy) is 1. The Balaban J connectivity index is 1.97. The van der Waals surface area contributed by atoms with Crippen LogP contribution in [0.3, 0.4) is 0 Å². The molecule has 1 spiro atoms. The Kier molecular flexibility index (Phi) is 2.38. The summed E-state index contributed by atoms with van der Waals surface area (Å²) in [5.74, 6) is -0.355. The van der Waals surface area contributed by atoms with Crippen LogP contribution in [0.2, 0.25) is 0 Å². The average Bonchev–Trinajstić information content (AvgIpc) is 2.94. The van der Waals surface area contributed by atoms with Crippen molar-refractivity contribution < 1.29 is 14.3 Å². The molecule has 18 heavy (non-hydrogen) atoms. The Morgan fingerprint density at radius 3 is 3.00 bits per heavy atom. The molecular formula is C13H14N2O3. The van der Waals surface area contributed by atoms with E-state index in [1.807, 2.05) is 24.3 Å². The molecule has 1 amide bonds. The second-order valence-corrected chi connectivity index (χ2v) is 4.74. The molecular weight excluding hydrogens is 232 g/mol. The van der Waals surface area contributed by atoms with Gasteiger partial charge in [-0.25, -0.2) is 0 Å². The Labute approximate surface area is 105 Å². The lowest BCUT2D eigenvalue weighted by Gasteiger charge is -2.19. The molecule has 5 heteroatoms. The molecule has 1 fully saturated rings. The van der Waals surface area contributed by atoms with E-state index >= 15 is 0 Å². The van der Waals surface area contributed by atoms with E-state index in [0.717, 1.165) is 11.3 Å². The first kappa shape index (κ1) is 11.2. The molecule has 2 unspecified atom stereocenters. The predicted molar refractivity (Wildman–Crippen MR) is 65.2 cm³/mol. The molecule has 3 rings (SSSR count). The number of carbonyl (C=O) groups is 2. The van der Waals surface area contributed by atoms with Crippen molar-refractivity contribution in [2.24, 2.45) is 0 Å². The standard InChI is InChI=1S/C13H14N2O3/c1-18-11(16)10-6-13(7-14-10)8-4-2-3-5-9(8)15-12(13)17/h2-5,10,14H,6-7H2,1H3,(H,15,17). The number of carbonyl (C=O) groups excluding carboxylic acids is 2. The zero-order valence-electron chi connectivity index (χ0n) is 10.0. The molecule has 1 saturated heterocycles. The van der Waals surface area contributed by atoms with Crippen molar-refractivity contribution >= 4 is 17.6 Å². The fourth-order valence-electron chi connectivity index (χ4n) is 2.85. The molecule has 1 aromatic rings. The van der Waals surface area contributed by atoms with Crippen molar-refractivity contribution in [1.82, 2.24) is 5.32 Å². The van der Waals surface area contributed by atoms with Crippen molar-refractivity contribution in [3.63, 3.8) is 0 Å². The normalized spacial score (nSPS) is 29.2. The van der Waals surface area contributed by atoms with E-state index in [1.165, 1.54) is 7.11 Å². The highest BCUT2D eigenvalue weighted by Crippen LogP contribution is 2.43. The number of esters is 1. The van der Waals surface area contributed by atoms with Gasteiger partial charge in [-0.05, 0) is 18.1 Å². The van der Waals surface area contributed by atoms with E-state index in [2.05, 4.69) is 10.6 Å². The third kappa shape index (κ3) is 1.37. The summed E-state index contributed by atoms with van der Waals surface area (Å²) in [6.07, 6.45) is 0.447. The van der Waals surface area contributed by atoms with Crippen LogP contribution in [-0.2, 0) is 19.7 Å². The summed E-state index contributed by atoms with van der Waals surface area (Å²) in [5.41, 5.74) is 1.18. The molecule has 0 aromatic heterocycles. The minimum atomic E-state index is -0.630. The summed E-state index contributed by atoms with van der Waals surface area (Å²) in [6.45, 7) is 0.468. The van der Waals surface area contributed by atoms with E-state index in [4.69, 9.17) is 4.74 Å². The van der Waals surface area contributed by atoms with Gasteiger partial charge in [0.1, 0.15) is 6.04 Å². The van der Waals surface area contributed by atoms with Gasteiger partial charge in [0.2, 0.25) is 5.91 Å². The van der Waals surface area contributed by atoms with Crippen LogP contribution >= 0.6 is 0 Å². The van der Waals surface area contributed by atoms with Gasteiger partial charge in [-0.1, -0.05) is 18.2 Å². The number of para-hydroxylation sites is 1. The second-order valence-electron chi connectivity index (χ2n) is 4.74. The summed E-state index contributed by atoms with van der Waals surface area (Å²) in [4.78, 5) is 23.8. The Hall–Kier alpha value is -1.88. The summed E-state index contributed by atoms with van der Waals surface area (Å²) >= 11 is 0. The summed E-state index contributed by atoms with van der Waals surface area (Å²) in [5, 5.41) is 5.95. The van der Waals surface area contributed by atoms with Crippen molar-refractivity contribution in [2.75, 3.05) is 19.0 Å². The van der Waals surface area contributed by atoms with Crippen LogP contribution in [-0.4, -0.2) is 31.6 Å². The number of rotatable bonds is 1. The van der Waals surface area contributed by atoms with Crippen LogP contribution in [0, 0.1) is 0 Å². The SMILES string of the molecule is COC(=O)C1CC2(CN1)C(=O)Nc1ccccc12. The van der Waals surface area contributed by atoms with Crippen LogP contribution in [0.25, 0.3) is 0 Å². The molecule has 0 aliphatic carbocycles. The van der Waals surface area contributed by atoms with Crippen LogP contribution in [0.1, 0.15) is 12.0 Å². The fourth-order valence-corrected chi connectivity index (χ4v) is 2.85. The topological polar surface area (TPSA) is 67.4 Å². The van der Waals surface area contributed by atoms with Crippen molar-refractivity contribution in [3.05, 3.63) is 29.8 Å². The number of methoxy groups -OCH3 is 1. The molecule has 2 N–H and O–H groups in total. The third-order valence-electron chi connectivity index (χ3n) is 3.81. The molecule has 5 nitrogen and oxygen atoms in total. The first-order valence-corrected chi connectivity index (χ1v) is 5.89. The molecule has 2 aliphatic rings. The monoisotopic (exact) mass is 246 g/mol. The van der Waals surface area contributed by atoms with Crippen LogP contribution < -0.4 is 10.6 Å². The van der Waals surface area contributed by atoms with E-state index in [1.54, 1.807) is 0 Å². The zero-order chi connectivity index (χ0) is 12.8. The van der Waals surface area contributed by atoms with Crippen molar-refractivity contribution in [2.45, 2.75) is 17.9 Å². The van der Waals surface area contributed by atoms with E-state index in [9.17, 15) is 9.59 Å². The minimum Gasteiger partial charge on any atom is -0.468 e. The van der Waals surface area contributed by atoms with Gasteiger partial charge >= 0.3 is 5.97 Å². The minimum absolute atomic E-state index is 0.0393. The number of amides is 1. The first-order chi connectivity index (χ1) is 8.67. The molecule has 2 atom stereocenters. The van der Waals surface area contributed by atoms with Gasteiger partial charge in [-0.2, -0.15) is 0 Å². The third-order valence-corrected chi connectivity index (χ3v) is 3.81. The van der Waals surface area contributed by atoms with E-state index in [0.29, 0.717) is 13.0 Å². The first-order valence-electron chi connectivity index (χ1n) is 5.89. The summed E-state index contributed by atoms with van der Waals surface area (Å²) in [7, 11) is 1.36. The van der Waals surface area contributed by atoms with Gasteiger partial charge in [0, 0.05) is 12.2 Å². The molecule has 2 aliphatic heterocycles.